The predicted molar refractivity (Wildman–Crippen MR) is 49.0 cm³/mol. The number of hydroxylamine groups is 1. The van der Waals surface area contributed by atoms with Gasteiger partial charge in [-0.05, 0) is 0 Å². The van der Waals surface area contributed by atoms with E-state index < -0.39 is 24.7 Å². The van der Waals surface area contributed by atoms with Crippen LogP contribution in [0.3, 0.4) is 0 Å². The molecule has 88 valence electrons. The van der Waals surface area contributed by atoms with Gasteiger partial charge >= 0.3 is 12.0 Å². The van der Waals surface area contributed by atoms with Crippen molar-refractivity contribution in [1.29, 1.82) is 5.26 Å². The number of hydrogen-bond acceptors (Lipinski definition) is 5. The van der Waals surface area contributed by atoms with E-state index in [0.717, 1.165) is 0 Å². The SMILES string of the molecule is N#CC1CN(C(=O)NOCC(=O)O)CCO1. The van der Waals surface area contributed by atoms with Gasteiger partial charge in [0.05, 0.1) is 19.2 Å². The van der Waals surface area contributed by atoms with Gasteiger partial charge in [-0.3, -0.25) is 4.84 Å². The highest BCUT2D eigenvalue weighted by molar-refractivity contribution is 5.73. The number of hydrogen-bond donors (Lipinski definition) is 2. The maximum atomic E-state index is 11.4. The van der Waals surface area contributed by atoms with Gasteiger partial charge < -0.3 is 14.7 Å². The van der Waals surface area contributed by atoms with Crippen molar-refractivity contribution in [2.75, 3.05) is 26.3 Å². The van der Waals surface area contributed by atoms with Crippen LogP contribution in [0.4, 0.5) is 4.79 Å². The Balaban J connectivity index is 2.30. The standard InChI is InChI=1S/C8H11N3O5/c9-3-6-4-11(1-2-15-6)8(14)10-16-5-7(12)13/h6H,1-2,4-5H2,(H,10,14)(H,12,13). The summed E-state index contributed by atoms with van der Waals surface area (Å²) in [6.45, 7) is 0.127. The van der Waals surface area contributed by atoms with Gasteiger partial charge in [-0.25, -0.2) is 15.1 Å². The van der Waals surface area contributed by atoms with E-state index in [1.54, 1.807) is 0 Å². The number of rotatable bonds is 3. The van der Waals surface area contributed by atoms with E-state index in [4.69, 9.17) is 15.1 Å². The molecule has 0 aromatic carbocycles. The first kappa shape index (κ1) is 12.2. The molecule has 1 aliphatic rings. The summed E-state index contributed by atoms with van der Waals surface area (Å²) in [5.74, 6) is -1.18. The van der Waals surface area contributed by atoms with Gasteiger partial charge in [0.2, 0.25) is 0 Å². The lowest BCUT2D eigenvalue weighted by atomic mass is 10.3. The van der Waals surface area contributed by atoms with Crippen molar-refractivity contribution in [1.82, 2.24) is 10.4 Å². The molecule has 0 saturated carbocycles. The first-order chi connectivity index (χ1) is 7.63. The van der Waals surface area contributed by atoms with Crippen LogP contribution in [0.5, 0.6) is 0 Å². The molecule has 0 aromatic rings. The van der Waals surface area contributed by atoms with Crippen LogP contribution >= 0.6 is 0 Å². The van der Waals surface area contributed by atoms with Crippen LogP contribution in [-0.2, 0) is 14.4 Å². The Bertz CT molecular complexity index is 313. The summed E-state index contributed by atoms with van der Waals surface area (Å²) in [5.41, 5.74) is 1.97. The molecule has 0 aromatic heterocycles. The van der Waals surface area contributed by atoms with Crippen molar-refractivity contribution < 1.29 is 24.3 Å². The molecule has 0 aliphatic carbocycles. The molecule has 16 heavy (non-hydrogen) atoms. The molecule has 2 amide bonds. The first-order valence-corrected chi connectivity index (χ1v) is 4.53. The number of amides is 2. The van der Waals surface area contributed by atoms with Crippen LogP contribution in [0.25, 0.3) is 0 Å². The summed E-state index contributed by atoms with van der Waals surface area (Å²) in [5, 5.41) is 16.9. The first-order valence-electron chi connectivity index (χ1n) is 4.53. The van der Waals surface area contributed by atoms with E-state index >= 15 is 0 Å². The lowest BCUT2D eigenvalue weighted by molar-refractivity contribution is -0.144. The number of ether oxygens (including phenoxy) is 1. The summed E-state index contributed by atoms with van der Waals surface area (Å²) in [7, 11) is 0. The van der Waals surface area contributed by atoms with Gasteiger partial charge in [0.1, 0.15) is 0 Å². The molecule has 1 saturated heterocycles. The highest BCUT2D eigenvalue weighted by Gasteiger charge is 2.23. The number of carboxylic acids is 1. The zero-order valence-electron chi connectivity index (χ0n) is 8.38. The summed E-state index contributed by atoms with van der Waals surface area (Å²) >= 11 is 0. The Morgan fingerprint density at radius 1 is 1.69 bits per heavy atom. The normalized spacial score (nSPS) is 19.9. The number of carboxylic acid groups (broad SMARTS) is 1. The molecule has 1 rings (SSSR count). The monoisotopic (exact) mass is 229 g/mol. The number of nitriles is 1. The van der Waals surface area contributed by atoms with Gasteiger partial charge in [-0.2, -0.15) is 5.26 Å². The minimum atomic E-state index is -1.18. The summed E-state index contributed by atoms with van der Waals surface area (Å²) in [6.07, 6.45) is -0.654. The van der Waals surface area contributed by atoms with E-state index in [0.29, 0.717) is 6.54 Å². The Kier molecular flexibility index (Phi) is 4.50. The molecule has 1 fully saturated rings. The van der Waals surface area contributed by atoms with E-state index in [-0.39, 0.29) is 13.2 Å². The molecular formula is C8H11N3O5. The van der Waals surface area contributed by atoms with Gasteiger partial charge in [0.15, 0.2) is 12.7 Å². The fourth-order valence-corrected chi connectivity index (χ4v) is 1.14. The third kappa shape index (κ3) is 3.72. The quantitative estimate of drug-likeness (QED) is 0.596. The summed E-state index contributed by atoms with van der Waals surface area (Å²) in [4.78, 5) is 27.2. The summed E-state index contributed by atoms with van der Waals surface area (Å²) in [6, 6.07) is 1.31. The van der Waals surface area contributed by atoms with Crippen molar-refractivity contribution in [3.8, 4) is 6.07 Å². The second-order valence-electron chi connectivity index (χ2n) is 3.02. The highest BCUT2D eigenvalue weighted by Crippen LogP contribution is 2.04. The van der Waals surface area contributed by atoms with E-state index in [9.17, 15) is 9.59 Å². The average molecular weight is 229 g/mol. The lowest BCUT2D eigenvalue weighted by Gasteiger charge is -2.29. The second kappa shape index (κ2) is 5.89. The minimum absolute atomic E-state index is 0.138. The smallest absolute Gasteiger partial charge is 0.341 e. The maximum Gasteiger partial charge on any atom is 0.341 e. The van der Waals surface area contributed by atoms with Crippen molar-refractivity contribution in [3.63, 3.8) is 0 Å². The van der Waals surface area contributed by atoms with Crippen molar-refractivity contribution in [3.05, 3.63) is 0 Å². The molecule has 1 unspecified atom stereocenters. The molecule has 8 nitrogen and oxygen atoms in total. The van der Waals surface area contributed by atoms with Crippen molar-refractivity contribution in [2.24, 2.45) is 0 Å². The number of urea groups is 1. The number of carbonyl (C=O) groups is 2. The van der Waals surface area contributed by atoms with E-state index in [1.165, 1.54) is 4.90 Å². The number of nitrogens with one attached hydrogen (secondary N) is 1. The predicted octanol–water partition coefficient (Wildman–Crippen LogP) is -1.06. The molecule has 2 N–H and O–H groups in total. The third-order valence-corrected chi connectivity index (χ3v) is 1.85. The van der Waals surface area contributed by atoms with Gasteiger partial charge in [-0.1, -0.05) is 0 Å². The third-order valence-electron chi connectivity index (χ3n) is 1.85. The fourth-order valence-electron chi connectivity index (χ4n) is 1.14. The summed E-state index contributed by atoms with van der Waals surface area (Å²) < 4.78 is 5.03. The topological polar surface area (TPSA) is 112 Å². The molecule has 1 aliphatic heterocycles. The number of carbonyl (C=O) groups excluding carboxylic acids is 1. The fraction of sp³-hybridized carbons (Fsp3) is 0.625. The van der Waals surface area contributed by atoms with E-state index in [2.05, 4.69) is 4.84 Å². The number of morpholine rings is 1. The van der Waals surface area contributed by atoms with Crippen LogP contribution in [-0.4, -0.2) is 54.4 Å². The lowest BCUT2D eigenvalue weighted by Crippen LogP contribution is -2.49. The minimum Gasteiger partial charge on any atom is -0.479 e. The molecule has 0 spiro atoms. The molecule has 0 radical (unpaired) electrons. The average Bonchev–Trinajstić information content (AvgIpc) is 2.28. The number of aliphatic carboxylic acids is 1. The number of nitrogens with zero attached hydrogens (tertiary/aromatic N) is 2. The molecular weight excluding hydrogens is 218 g/mol. The van der Waals surface area contributed by atoms with Crippen LogP contribution in [0.1, 0.15) is 0 Å². The van der Waals surface area contributed by atoms with Crippen LogP contribution in [0, 0.1) is 11.3 Å². The Labute approximate surface area is 91.3 Å². The van der Waals surface area contributed by atoms with Crippen molar-refractivity contribution >= 4 is 12.0 Å². The zero-order valence-corrected chi connectivity index (χ0v) is 8.38. The van der Waals surface area contributed by atoms with Crippen molar-refractivity contribution in [2.45, 2.75) is 6.10 Å². The van der Waals surface area contributed by atoms with E-state index in [1.807, 2.05) is 11.5 Å². The van der Waals surface area contributed by atoms with Gasteiger partial charge in [0, 0.05) is 6.54 Å². The molecule has 1 heterocycles. The second-order valence-corrected chi connectivity index (χ2v) is 3.02. The molecule has 0 bridgehead atoms. The Hall–Kier alpha value is -1.85. The Morgan fingerprint density at radius 3 is 3.06 bits per heavy atom. The van der Waals surface area contributed by atoms with Crippen LogP contribution < -0.4 is 5.48 Å². The molecule has 1 atom stereocenters. The van der Waals surface area contributed by atoms with Crippen LogP contribution in [0.15, 0.2) is 0 Å². The molecule has 8 heteroatoms. The van der Waals surface area contributed by atoms with Gasteiger partial charge in [-0.15, -0.1) is 0 Å². The highest BCUT2D eigenvalue weighted by atomic mass is 16.7. The zero-order chi connectivity index (χ0) is 12.0. The van der Waals surface area contributed by atoms with Gasteiger partial charge in [0.25, 0.3) is 0 Å². The Morgan fingerprint density at radius 2 is 2.44 bits per heavy atom. The van der Waals surface area contributed by atoms with Crippen LogP contribution in [0.2, 0.25) is 0 Å². The largest absolute Gasteiger partial charge is 0.479 e. The maximum absolute atomic E-state index is 11.4.